The summed E-state index contributed by atoms with van der Waals surface area (Å²) in [5.41, 5.74) is 3.50. The molecule has 6 nitrogen and oxygen atoms in total. The number of nitrogens with one attached hydrogen (secondary N) is 1. The number of aromatic nitrogens is 1. The van der Waals surface area contributed by atoms with Crippen molar-refractivity contribution in [1.82, 2.24) is 4.57 Å². The molecule has 0 aliphatic rings. The molecule has 3 aromatic rings. The van der Waals surface area contributed by atoms with Crippen LogP contribution < -0.4 is 9.46 Å². The lowest BCUT2D eigenvalue weighted by atomic mass is 10.1. The van der Waals surface area contributed by atoms with Gasteiger partial charge in [0.25, 0.3) is 0 Å². The van der Waals surface area contributed by atoms with Gasteiger partial charge in [0, 0.05) is 23.2 Å². The van der Waals surface area contributed by atoms with Gasteiger partial charge in [-0.05, 0) is 44.2 Å². The summed E-state index contributed by atoms with van der Waals surface area (Å²) in [6.07, 6.45) is 0. The number of rotatable bonds is 6. The highest BCUT2D eigenvalue weighted by Crippen LogP contribution is 2.36. The number of fused-ring (bicyclic) bond motifs is 1. The summed E-state index contributed by atoms with van der Waals surface area (Å²) < 4.78 is 33.7. The summed E-state index contributed by atoms with van der Waals surface area (Å²) in [5.74, 6) is 0.679. The van der Waals surface area contributed by atoms with Crippen LogP contribution in [0.2, 0.25) is 0 Å². The Kier molecular flexibility index (Phi) is 5.10. The van der Waals surface area contributed by atoms with Gasteiger partial charge in [0.15, 0.2) is 0 Å². The number of benzene rings is 2. The Labute approximate surface area is 159 Å². The van der Waals surface area contributed by atoms with Crippen molar-refractivity contribution in [2.75, 3.05) is 17.6 Å². The van der Waals surface area contributed by atoms with Crippen LogP contribution in [0.5, 0.6) is 5.75 Å². The van der Waals surface area contributed by atoms with E-state index in [2.05, 4.69) is 15.4 Å². The lowest BCUT2D eigenvalue weighted by Crippen LogP contribution is -2.14. The minimum atomic E-state index is -3.37. The minimum Gasteiger partial charge on any atom is -0.497 e. The Morgan fingerprint density at radius 2 is 1.96 bits per heavy atom. The van der Waals surface area contributed by atoms with Gasteiger partial charge >= 0.3 is 0 Å². The van der Waals surface area contributed by atoms with Crippen molar-refractivity contribution in [2.45, 2.75) is 20.4 Å². The summed E-state index contributed by atoms with van der Waals surface area (Å²) in [7, 11) is -1.78. The van der Waals surface area contributed by atoms with Crippen LogP contribution in [0.25, 0.3) is 22.2 Å². The highest BCUT2D eigenvalue weighted by molar-refractivity contribution is 7.92. The maximum Gasteiger partial charge on any atom is 0.232 e. The molecule has 0 fully saturated rings. The predicted molar refractivity (Wildman–Crippen MR) is 107 cm³/mol. The van der Waals surface area contributed by atoms with Gasteiger partial charge in [-0.3, -0.25) is 4.72 Å². The van der Waals surface area contributed by atoms with Gasteiger partial charge in [-0.25, -0.2) is 8.42 Å². The molecule has 0 saturated heterocycles. The molecule has 27 heavy (non-hydrogen) atoms. The van der Waals surface area contributed by atoms with E-state index in [-0.39, 0.29) is 5.75 Å². The van der Waals surface area contributed by atoms with Crippen molar-refractivity contribution in [3.05, 3.63) is 48.0 Å². The number of ether oxygens (including phenoxy) is 1. The van der Waals surface area contributed by atoms with Crippen LogP contribution in [0.1, 0.15) is 19.4 Å². The van der Waals surface area contributed by atoms with Gasteiger partial charge in [-0.1, -0.05) is 12.1 Å². The van der Waals surface area contributed by atoms with E-state index in [1.54, 1.807) is 32.2 Å². The lowest BCUT2D eigenvalue weighted by molar-refractivity contribution is 0.415. The number of nitriles is 1. The number of anilines is 1. The van der Waals surface area contributed by atoms with Crippen molar-refractivity contribution in [2.24, 2.45) is 0 Å². The summed E-state index contributed by atoms with van der Waals surface area (Å²) in [6, 6.07) is 15.1. The van der Waals surface area contributed by atoms with Crippen LogP contribution in [0.3, 0.4) is 0 Å². The van der Waals surface area contributed by atoms with Crippen LogP contribution in [0, 0.1) is 11.3 Å². The molecule has 0 saturated carbocycles. The topological polar surface area (TPSA) is 84.1 Å². The molecule has 1 N–H and O–H groups in total. The Morgan fingerprint density at radius 3 is 2.59 bits per heavy atom. The first kappa shape index (κ1) is 18.8. The molecule has 0 unspecified atom stereocenters. The second-order valence-electron chi connectivity index (χ2n) is 6.05. The highest BCUT2D eigenvalue weighted by atomic mass is 32.2. The van der Waals surface area contributed by atoms with E-state index in [9.17, 15) is 13.7 Å². The van der Waals surface area contributed by atoms with E-state index in [1.807, 2.05) is 31.2 Å². The number of nitrogens with zero attached hydrogens (tertiary/aromatic N) is 2. The van der Waals surface area contributed by atoms with Crippen molar-refractivity contribution in [3.8, 4) is 23.1 Å². The minimum absolute atomic E-state index is 0.00428. The Hall–Kier alpha value is -2.98. The van der Waals surface area contributed by atoms with E-state index in [1.165, 1.54) is 0 Å². The fourth-order valence-corrected chi connectivity index (χ4v) is 3.81. The number of methoxy groups -OCH3 is 1. The third-order valence-electron chi connectivity index (χ3n) is 4.49. The first-order chi connectivity index (χ1) is 12.9. The smallest absolute Gasteiger partial charge is 0.232 e. The van der Waals surface area contributed by atoms with E-state index >= 15 is 0 Å². The number of aryl methyl sites for hydroxylation is 1. The second kappa shape index (κ2) is 7.33. The van der Waals surface area contributed by atoms with E-state index in [4.69, 9.17) is 4.74 Å². The Morgan fingerprint density at radius 1 is 1.19 bits per heavy atom. The summed E-state index contributed by atoms with van der Waals surface area (Å²) >= 11 is 0. The molecule has 3 rings (SSSR count). The molecule has 0 aliphatic heterocycles. The molecule has 7 heteroatoms. The maximum absolute atomic E-state index is 11.9. The summed E-state index contributed by atoms with van der Waals surface area (Å²) in [4.78, 5) is 0. The molecule has 0 bridgehead atoms. The maximum atomic E-state index is 11.9. The van der Waals surface area contributed by atoms with Gasteiger partial charge in [-0.15, -0.1) is 0 Å². The average Bonchev–Trinajstić information content (AvgIpc) is 3.00. The Bertz CT molecular complexity index is 1140. The first-order valence-corrected chi connectivity index (χ1v) is 10.3. The average molecular weight is 383 g/mol. The number of hydrogen-bond acceptors (Lipinski definition) is 4. The van der Waals surface area contributed by atoms with Gasteiger partial charge in [0.05, 0.1) is 29.6 Å². The zero-order chi connectivity index (χ0) is 19.6. The van der Waals surface area contributed by atoms with E-state index in [0.29, 0.717) is 23.5 Å². The van der Waals surface area contributed by atoms with Crippen LogP contribution in [0.4, 0.5) is 5.69 Å². The number of sulfonamides is 1. The van der Waals surface area contributed by atoms with Crippen molar-refractivity contribution >= 4 is 26.6 Å². The molecular formula is C20H21N3O3S. The van der Waals surface area contributed by atoms with Gasteiger partial charge in [0.2, 0.25) is 10.0 Å². The molecule has 140 valence electrons. The molecule has 0 aliphatic carbocycles. The SMILES string of the molecule is CCn1c(-c2cccc(NS(=O)(=O)CC)c2)c(C#N)c2cc(OC)ccc21. The van der Waals surface area contributed by atoms with Crippen molar-refractivity contribution in [3.63, 3.8) is 0 Å². The standard InChI is InChI=1S/C20H21N3O3S/c1-4-23-19-10-9-16(26-3)12-17(19)18(13-21)20(23)14-7-6-8-15(11-14)22-27(24,25)5-2/h6-12,22H,4-5H2,1-3H3. The van der Waals surface area contributed by atoms with E-state index in [0.717, 1.165) is 22.2 Å². The fourth-order valence-electron chi connectivity index (χ4n) is 3.18. The molecule has 2 aromatic carbocycles. The first-order valence-electron chi connectivity index (χ1n) is 8.65. The van der Waals surface area contributed by atoms with Crippen molar-refractivity contribution < 1.29 is 13.2 Å². The van der Waals surface area contributed by atoms with Crippen LogP contribution >= 0.6 is 0 Å². The molecule has 0 spiro atoms. The Balaban J connectivity index is 2.24. The largest absolute Gasteiger partial charge is 0.497 e. The molecular weight excluding hydrogens is 362 g/mol. The molecule has 0 atom stereocenters. The third-order valence-corrected chi connectivity index (χ3v) is 5.79. The number of hydrogen-bond donors (Lipinski definition) is 1. The van der Waals surface area contributed by atoms with Crippen LogP contribution in [-0.4, -0.2) is 25.8 Å². The van der Waals surface area contributed by atoms with Gasteiger partial charge in [0.1, 0.15) is 11.8 Å². The predicted octanol–water partition coefficient (Wildman–Crippen LogP) is 3.97. The normalized spacial score (nSPS) is 11.3. The third kappa shape index (κ3) is 3.49. The monoisotopic (exact) mass is 383 g/mol. The van der Waals surface area contributed by atoms with E-state index < -0.39 is 10.0 Å². The van der Waals surface area contributed by atoms with Crippen LogP contribution in [-0.2, 0) is 16.6 Å². The summed E-state index contributed by atoms with van der Waals surface area (Å²) in [6.45, 7) is 4.27. The fraction of sp³-hybridized carbons (Fsp3) is 0.250. The molecule has 1 aromatic heterocycles. The van der Waals surface area contributed by atoms with Crippen LogP contribution in [0.15, 0.2) is 42.5 Å². The molecule has 1 heterocycles. The quantitative estimate of drug-likeness (QED) is 0.698. The van der Waals surface area contributed by atoms with Gasteiger partial charge in [-0.2, -0.15) is 5.26 Å². The second-order valence-corrected chi connectivity index (χ2v) is 8.06. The van der Waals surface area contributed by atoms with Crippen molar-refractivity contribution in [1.29, 1.82) is 5.26 Å². The lowest BCUT2D eigenvalue weighted by Gasteiger charge is -2.11. The highest BCUT2D eigenvalue weighted by Gasteiger charge is 2.19. The molecule has 0 radical (unpaired) electrons. The summed E-state index contributed by atoms with van der Waals surface area (Å²) in [5, 5.41) is 10.6. The molecule has 0 amide bonds. The zero-order valence-corrected chi connectivity index (χ0v) is 16.3. The van der Waals surface area contributed by atoms with Gasteiger partial charge < -0.3 is 9.30 Å². The zero-order valence-electron chi connectivity index (χ0n) is 15.5.